The van der Waals surface area contributed by atoms with E-state index in [1.807, 2.05) is 41.5 Å². The highest BCUT2D eigenvalue weighted by Gasteiger charge is 2.33. The quantitative estimate of drug-likeness (QED) is 0.853. The average Bonchev–Trinajstić information content (AvgIpc) is 2.70. The largest absolute Gasteiger partial charge is 0.467 e. The van der Waals surface area contributed by atoms with Gasteiger partial charge in [-0.15, -0.1) is 0 Å². The molecule has 126 valence electrons. The molecule has 1 N–H and O–H groups in total. The molecule has 0 aliphatic rings. The lowest BCUT2D eigenvalue weighted by Gasteiger charge is -2.27. The monoisotopic (exact) mass is 338 g/mol. The van der Waals surface area contributed by atoms with Crippen molar-refractivity contribution in [1.82, 2.24) is 9.97 Å². The molecule has 0 radical (unpaired) electrons. The third kappa shape index (κ3) is 3.35. The zero-order valence-electron chi connectivity index (χ0n) is 14.6. The summed E-state index contributed by atoms with van der Waals surface area (Å²) in [4.78, 5) is 20.1. The average molecular weight is 339 g/mol. The number of rotatable bonds is 3. The molecule has 2 heterocycles. The number of pyridine rings is 1. The molecular weight excluding hydrogens is 316 g/mol. The minimum atomic E-state index is -0.918. The number of aromatic nitrogens is 2. The second kappa shape index (κ2) is 6.13. The summed E-state index contributed by atoms with van der Waals surface area (Å²) in [6.45, 7) is 11.4. The van der Waals surface area contributed by atoms with E-state index in [2.05, 4.69) is 9.97 Å². The molecule has 0 aromatic carbocycles. The van der Waals surface area contributed by atoms with Crippen molar-refractivity contribution in [2.75, 3.05) is 7.11 Å². The van der Waals surface area contributed by atoms with Crippen LogP contribution in [0.15, 0.2) is 0 Å². The first-order chi connectivity index (χ1) is 10.6. The summed E-state index contributed by atoms with van der Waals surface area (Å²) in [5.41, 5.74) is 3.39. The van der Waals surface area contributed by atoms with Crippen LogP contribution in [0.4, 0.5) is 0 Å². The molecule has 0 saturated carbocycles. The van der Waals surface area contributed by atoms with Crippen molar-refractivity contribution in [2.45, 2.75) is 53.2 Å². The predicted octanol–water partition coefficient (Wildman–Crippen LogP) is 4.17. The molecule has 0 aliphatic carbocycles. The predicted molar refractivity (Wildman–Crippen MR) is 90.9 cm³/mol. The van der Waals surface area contributed by atoms with Crippen LogP contribution in [0.3, 0.4) is 0 Å². The van der Waals surface area contributed by atoms with E-state index >= 15 is 0 Å². The van der Waals surface area contributed by atoms with Gasteiger partial charge in [-0.3, -0.25) is 0 Å². The number of nitrogens with one attached hydrogen (secondary N) is 1. The van der Waals surface area contributed by atoms with Crippen LogP contribution >= 0.6 is 11.6 Å². The molecule has 6 heteroatoms. The summed E-state index contributed by atoms with van der Waals surface area (Å²) >= 11 is 6.64. The van der Waals surface area contributed by atoms with Crippen LogP contribution in [0.5, 0.6) is 0 Å². The second-order valence-electron chi connectivity index (χ2n) is 6.66. The lowest BCUT2D eigenvalue weighted by molar-refractivity contribution is -0.164. The number of nitrogens with zero attached hydrogens (tertiary/aromatic N) is 1. The number of esters is 1. The third-order valence-corrected chi connectivity index (χ3v) is 4.15. The van der Waals surface area contributed by atoms with Crippen LogP contribution in [0.1, 0.15) is 49.4 Å². The molecule has 23 heavy (non-hydrogen) atoms. The number of carbonyl (C=O) groups is 1. The number of H-pyrrole nitrogens is 1. The molecule has 5 nitrogen and oxygen atoms in total. The number of carbonyl (C=O) groups excluding carboxylic acids is 1. The first-order valence-electron chi connectivity index (χ1n) is 7.47. The highest BCUT2D eigenvalue weighted by Crippen LogP contribution is 2.38. The van der Waals surface area contributed by atoms with E-state index in [4.69, 9.17) is 21.1 Å². The zero-order chi connectivity index (χ0) is 17.5. The van der Waals surface area contributed by atoms with Gasteiger partial charge in [0.25, 0.3) is 0 Å². The second-order valence-corrected chi connectivity index (χ2v) is 7.03. The smallest absolute Gasteiger partial charge is 0.339 e. The summed E-state index contributed by atoms with van der Waals surface area (Å²) < 4.78 is 10.8. The maximum Gasteiger partial charge on any atom is 0.339 e. The van der Waals surface area contributed by atoms with Crippen LogP contribution < -0.4 is 0 Å². The van der Waals surface area contributed by atoms with E-state index < -0.39 is 17.7 Å². The number of halogens is 1. The van der Waals surface area contributed by atoms with Gasteiger partial charge in [-0.2, -0.15) is 0 Å². The molecule has 0 amide bonds. The Labute approximate surface area is 141 Å². The van der Waals surface area contributed by atoms with E-state index in [1.54, 1.807) is 0 Å². The number of hydrogen-bond acceptors (Lipinski definition) is 4. The van der Waals surface area contributed by atoms with Crippen LogP contribution in [0, 0.1) is 20.8 Å². The van der Waals surface area contributed by atoms with Gasteiger partial charge in [-0.25, -0.2) is 9.78 Å². The van der Waals surface area contributed by atoms with Crippen molar-refractivity contribution in [1.29, 1.82) is 0 Å². The molecule has 1 atom stereocenters. The van der Waals surface area contributed by atoms with Crippen molar-refractivity contribution in [3.8, 4) is 0 Å². The fourth-order valence-corrected chi connectivity index (χ4v) is 3.03. The number of hydrogen-bond donors (Lipinski definition) is 1. The Bertz CT molecular complexity index is 760. The van der Waals surface area contributed by atoms with Crippen LogP contribution in [0.25, 0.3) is 11.0 Å². The Morgan fingerprint density at radius 1 is 1.26 bits per heavy atom. The first kappa shape index (κ1) is 17.8. The van der Waals surface area contributed by atoms with Gasteiger partial charge in [0.1, 0.15) is 5.65 Å². The van der Waals surface area contributed by atoms with Crippen molar-refractivity contribution >= 4 is 28.6 Å². The standard InChI is InChI=1S/C17H23ClN2O3/c1-8-9(2)19-15-11(8)13(18)12(10(3)20-15)14(16(21)22-7)23-17(4,5)6/h14H,1-7H3,(H,19,20)/t14-/m0/s1. The molecule has 0 bridgehead atoms. The van der Waals surface area contributed by atoms with Crippen LogP contribution in [-0.2, 0) is 14.3 Å². The topological polar surface area (TPSA) is 64.2 Å². The molecule has 0 saturated heterocycles. The minimum absolute atomic E-state index is 0.481. The normalized spacial score (nSPS) is 13.4. The van der Waals surface area contributed by atoms with Gasteiger partial charge < -0.3 is 14.5 Å². The molecular formula is C17H23ClN2O3. The molecule has 0 fully saturated rings. The van der Waals surface area contributed by atoms with Crippen molar-refractivity contribution in [3.63, 3.8) is 0 Å². The highest BCUT2D eigenvalue weighted by atomic mass is 35.5. The third-order valence-electron chi connectivity index (χ3n) is 3.75. The molecule has 0 spiro atoms. The molecule has 2 aromatic rings. The fourth-order valence-electron chi connectivity index (χ4n) is 2.56. The van der Waals surface area contributed by atoms with Crippen LogP contribution in [-0.4, -0.2) is 28.6 Å². The van der Waals surface area contributed by atoms with Gasteiger partial charge in [0.15, 0.2) is 6.10 Å². The number of aromatic amines is 1. The lowest BCUT2D eigenvalue weighted by atomic mass is 10.0. The van der Waals surface area contributed by atoms with Crippen molar-refractivity contribution < 1.29 is 14.3 Å². The van der Waals surface area contributed by atoms with Gasteiger partial charge in [0, 0.05) is 22.3 Å². The lowest BCUT2D eigenvalue weighted by Crippen LogP contribution is -2.29. The van der Waals surface area contributed by atoms with E-state index in [1.165, 1.54) is 7.11 Å². The zero-order valence-corrected chi connectivity index (χ0v) is 15.4. The van der Waals surface area contributed by atoms with E-state index in [0.717, 1.165) is 16.6 Å². The maximum absolute atomic E-state index is 12.3. The highest BCUT2D eigenvalue weighted by molar-refractivity contribution is 6.36. The van der Waals surface area contributed by atoms with Crippen LogP contribution in [0.2, 0.25) is 5.02 Å². The van der Waals surface area contributed by atoms with Crippen molar-refractivity contribution in [2.24, 2.45) is 0 Å². The molecule has 0 unspecified atom stereocenters. The molecule has 2 rings (SSSR count). The van der Waals surface area contributed by atoms with E-state index in [0.29, 0.717) is 21.9 Å². The number of aryl methyl sites for hydroxylation is 3. The van der Waals surface area contributed by atoms with Gasteiger partial charge in [0.05, 0.1) is 17.7 Å². The Hall–Kier alpha value is -1.59. The Kier molecular flexibility index (Phi) is 4.74. The summed E-state index contributed by atoms with van der Waals surface area (Å²) in [6, 6.07) is 0. The van der Waals surface area contributed by atoms with Gasteiger partial charge in [-0.05, 0) is 47.1 Å². The number of methoxy groups -OCH3 is 1. The number of fused-ring (bicyclic) bond motifs is 1. The van der Waals surface area contributed by atoms with E-state index in [9.17, 15) is 4.79 Å². The fraction of sp³-hybridized carbons (Fsp3) is 0.529. The summed E-state index contributed by atoms with van der Waals surface area (Å²) in [5, 5.41) is 1.30. The summed E-state index contributed by atoms with van der Waals surface area (Å²) in [6.07, 6.45) is -0.918. The summed E-state index contributed by atoms with van der Waals surface area (Å²) in [5.74, 6) is -0.490. The maximum atomic E-state index is 12.3. The first-order valence-corrected chi connectivity index (χ1v) is 7.85. The van der Waals surface area contributed by atoms with Gasteiger partial charge in [-0.1, -0.05) is 11.6 Å². The Morgan fingerprint density at radius 2 is 1.87 bits per heavy atom. The summed E-state index contributed by atoms with van der Waals surface area (Å²) in [7, 11) is 1.34. The Balaban J connectivity index is 2.72. The van der Waals surface area contributed by atoms with Gasteiger partial charge >= 0.3 is 5.97 Å². The number of ether oxygens (including phenoxy) is 2. The van der Waals surface area contributed by atoms with Crippen molar-refractivity contribution in [3.05, 3.63) is 27.5 Å². The molecule has 2 aromatic heterocycles. The van der Waals surface area contributed by atoms with E-state index in [-0.39, 0.29) is 0 Å². The molecule has 0 aliphatic heterocycles. The SMILES string of the molecule is COC(=O)[C@@H](OC(C)(C)C)c1c(C)nc2[nH]c(C)c(C)c2c1Cl. The minimum Gasteiger partial charge on any atom is -0.467 e. The van der Waals surface area contributed by atoms with Gasteiger partial charge in [0.2, 0.25) is 0 Å². The Morgan fingerprint density at radius 3 is 2.39 bits per heavy atom.